The van der Waals surface area contributed by atoms with Crippen LogP contribution in [-0.2, 0) is 25.4 Å². The van der Waals surface area contributed by atoms with Gasteiger partial charge in [0, 0.05) is 22.3 Å². The lowest BCUT2D eigenvalue weighted by Gasteiger charge is -2.28. The molecule has 1 aliphatic rings. The molecule has 8 nitrogen and oxygen atoms in total. The highest BCUT2D eigenvalue weighted by molar-refractivity contribution is 7.86. The van der Waals surface area contributed by atoms with Gasteiger partial charge in [0.2, 0.25) is 5.79 Å². The van der Waals surface area contributed by atoms with Crippen LogP contribution in [0.5, 0.6) is 17.2 Å². The molecule has 1 N–H and O–H groups in total. The summed E-state index contributed by atoms with van der Waals surface area (Å²) in [7, 11) is -3.29. The highest BCUT2D eigenvalue weighted by atomic mass is 32.2. The van der Waals surface area contributed by atoms with Crippen LogP contribution in [0.4, 0.5) is 0 Å². The second-order valence-electron chi connectivity index (χ2n) is 9.00. The molecule has 1 aliphatic heterocycles. The molecule has 0 amide bonds. The van der Waals surface area contributed by atoms with Crippen molar-refractivity contribution in [3.05, 3.63) is 119 Å². The average Bonchev–Trinajstić information content (AvgIpc) is 3.44. The van der Waals surface area contributed by atoms with Crippen LogP contribution >= 0.6 is 0 Å². The van der Waals surface area contributed by atoms with Gasteiger partial charge in [0.25, 0.3) is 10.1 Å². The van der Waals surface area contributed by atoms with Gasteiger partial charge in [0.15, 0.2) is 5.78 Å². The van der Waals surface area contributed by atoms with Gasteiger partial charge >= 0.3 is 0 Å². The van der Waals surface area contributed by atoms with Crippen molar-refractivity contribution >= 4 is 15.9 Å². The Labute approximate surface area is 226 Å². The van der Waals surface area contributed by atoms with Gasteiger partial charge in [-0.1, -0.05) is 29.8 Å². The third-order valence-corrected chi connectivity index (χ3v) is 7.29. The third-order valence-electron chi connectivity index (χ3n) is 6.42. The minimum Gasteiger partial charge on any atom is -0.495 e. The smallest absolute Gasteiger partial charge is 0.298 e. The predicted molar refractivity (Wildman–Crippen MR) is 143 cm³/mol. The molecule has 1 fully saturated rings. The van der Waals surface area contributed by atoms with Gasteiger partial charge in [0.05, 0.1) is 20.3 Å². The van der Waals surface area contributed by atoms with Gasteiger partial charge in [-0.25, -0.2) is 0 Å². The SMILES string of the molecule is COc1ccc(C(=O)c2ccc(Oc3ccc(C4(c5ccc(C)cc5)OCCO4)cc3)cc2)cc1S(=O)(=O)O. The highest BCUT2D eigenvalue weighted by Gasteiger charge is 2.40. The highest BCUT2D eigenvalue weighted by Crippen LogP contribution is 2.39. The van der Waals surface area contributed by atoms with Crippen molar-refractivity contribution in [3.63, 3.8) is 0 Å². The minimum atomic E-state index is -4.57. The number of ketones is 1. The Balaban J connectivity index is 1.32. The van der Waals surface area contributed by atoms with Crippen LogP contribution < -0.4 is 9.47 Å². The molecule has 4 aromatic rings. The topological polar surface area (TPSA) is 108 Å². The lowest BCUT2D eigenvalue weighted by atomic mass is 9.96. The number of carbonyl (C=O) groups is 1. The van der Waals surface area contributed by atoms with Crippen LogP contribution in [0, 0.1) is 6.92 Å². The molecule has 1 heterocycles. The first-order valence-electron chi connectivity index (χ1n) is 12.1. The molecule has 0 unspecified atom stereocenters. The van der Waals surface area contributed by atoms with E-state index in [2.05, 4.69) is 0 Å². The second-order valence-corrected chi connectivity index (χ2v) is 10.4. The molecule has 1 saturated heterocycles. The first kappa shape index (κ1) is 26.6. The summed E-state index contributed by atoms with van der Waals surface area (Å²) in [4.78, 5) is 12.5. The maximum atomic E-state index is 12.9. The van der Waals surface area contributed by atoms with E-state index in [1.807, 2.05) is 55.5 Å². The summed E-state index contributed by atoms with van der Waals surface area (Å²) < 4.78 is 55.9. The molecule has 0 spiro atoms. The predicted octanol–water partition coefficient (Wildman–Crippen LogP) is 5.52. The van der Waals surface area contributed by atoms with Gasteiger partial charge in [-0.3, -0.25) is 9.35 Å². The van der Waals surface area contributed by atoms with E-state index in [0.29, 0.717) is 30.3 Å². The first-order valence-corrected chi connectivity index (χ1v) is 13.6. The number of aryl methyl sites for hydroxylation is 1. The quantitative estimate of drug-likeness (QED) is 0.227. The van der Waals surface area contributed by atoms with Crippen molar-refractivity contribution in [2.45, 2.75) is 17.6 Å². The largest absolute Gasteiger partial charge is 0.495 e. The Hall–Kier alpha value is -4.02. The Morgan fingerprint density at radius 2 is 1.31 bits per heavy atom. The average molecular weight is 547 g/mol. The summed E-state index contributed by atoms with van der Waals surface area (Å²) in [6.07, 6.45) is 0. The van der Waals surface area contributed by atoms with Gasteiger partial charge in [-0.05, 0) is 73.7 Å². The van der Waals surface area contributed by atoms with E-state index in [-0.39, 0.29) is 11.3 Å². The summed E-state index contributed by atoms with van der Waals surface area (Å²) in [6.45, 7) is 3.01. The maximum Gasteiger partial charge on any atom is 0.298 e. The number of hydrogen-bond donors (Lipinski definition) is 1. The number of methoxy groups -OCH3 is 1. The zero-order chi connectivity index (χ0) is 27.6. The fourth-order valence-electron chi connectivity index (χ4n) is 4.42. The minimum absolute atomic E-state index is 0.0559. The van der Waals surface area contributed by atoms with Gasteiger partial charge in [-0.2, -0.15) is 8.42 Å². The molecule has 5 rings (SSSR count). The molecule has 4 aromatic carbocycles. The molecule has 39 heavy (non-hydrogen) atoms. The van der Waals surface area contributed by atoms with Crippen LogP contribution in [0.3, 0.4) is 0 Å². The summed E-state index contributed by atoms with van der Waals surface area (Å²) >= 11 is 0. The Morgan fingerprint density at radius 3 is 1.85 bits per heavy atom. The molecule has 0 radical (unpaired) electrons. The maximum absolute atomic E-state index is 12.9. The van der Waals surface area contributed by atoms with E-state index in [9.17, 15) is 17.8 Å². The number of carbonyl (C=O) groups excluding carboxylic acids is 1. The van der Waals surface area contributed by atoms with Crippen molar-refractivity contribution in [2.75, 3.05) is 20.3 Å². The van der Waals surface area contributed by atoms with E-state index in [1.54, 1.807) is 24.3 Å². The fraction of sp³-hybridized carbons (Fsp3) is 0.167. The zero-order valence-corrected chi connectivity index (χ0v) is 22.1. The monoisotopic (exact) mass is 546 g/mol. The van der Waals surface area contributed by atoms with Crippen molar-refractivity contribution in [1.29, 1.82) is 0 Å². The molecule has 9 heteroatoms. The normalized spacial score (nSPS) is 14.6. The Bertz CT molecular complexity index is 1590. The summed E-state index contributed by atoms with van der Waals surface area (Å²) in [5.74, 6) is -0.349. The summed E-state index contributed by atoms with van der Waals surface area (Å²) in [5.41, 5.74) is 3.32. The molecule has 0 aliphatic carbocycles. The molecule has 0 bridgehead atoms. The standard InChI is InChI=1S/C30H26O8S/c1-20-3-8-23(9-4-20)30(36-17-18-37-30)24-10-14-26(15-11-24)38-25-12-5-21(6-13-25)29(31)22-7-16-27(35-2)28(19-22)39(32,33)34/h3-16,19H,17-18H2,1-2H3,(H,32,33,34). The van der Waals surface area contributed by atoms with E-state index in [4.69, 9.17) is 18.9 Å². The van der Waals surface area contributed by atoms with E-state index in [1.165, 1.54) is 19.2 Å². The number of hydrogen-bond acceptors (Lipinski definition) is 7. The van der Waals surface area contributed by atoms with Gasteiger partial charge in [0.1, 0.15) is 22.1 Å². The van der Waals surface area contributed by atoms with E-state index in [0.717, 1.165) is 22.8 Å². The Kier molecular flexibility index (Phi) is 7.24. The van der Waals surface area contributed by atoms with E-state index < -0.39 is 26.6 Å². The summed E-state index contributed by atoms with van der Waals surface area (Å²) in [5, 5.41) is 0. The van der Waals surface area contributed by atoms with E-state index >= 15 is 0 Å². The number of benzene rings is 4. The fourth-order valence-corrected chi connectivity index (χ4v) is 5.11. The van der Waals surface area contributed by atoms with Gasteiger partial charge < -0.3 is 18.9 Å². The van der Waals surface area contributed by atoms with Crippen LogP contribution in [0.25, 0.3) is 0 Å². The van der Waals surface area contributed by atoms with Crippen molar-refractivity contribution < 1.29 is 36.7 Å². The Morgan fingerprint density at radius 1 is 0.795 bits per heavy atom. The van der Waals surface area contributed by atoms with Crippen molar-refractivity contribution in [3.8, 4) is 17.2 Å². The molecule has 200 valence electrons. The van der Waals surface area contributed by atoms with Crippen molar-refractivity contribution in [2.24, 2.45) is 0 Å². The number of ether oxygens (including phenoxy) is 4. The van der Waals surface area contributed by atoms with Crippen molar-refractivity contribution in [1.82, 2.24) is 0 Å². The summed E-state index contributed by atoms with van der Waals surface area (Å²) in [6, 6.07) is 25.8. The molecular formula is C30H26O8S. The molecule has 0 atom stereocenters. The van der Waals surface area contributed by atoms with Gasteiger partial charge in [-0.15, -0.1) is 0 Å². The lowest BCUT2D eigenvalue weighted by Crippen LogP contribution is -2.28. The van der Waals surface area contributed by atoms with Crippen LogP contribution in [-0.4, -0.2) is 39.1 Å². The van der Waals surface area contributed by atoms with Crippen LogP contribution in [0.1, 0.15) is 32.6 Å². The first-order chi connectivity index (χ1) is 18.7. The second kappa shape index (κ2) is 10.6. The molecular weight excluding hydrogens is 520 g/mol. The number of rotatable bonds is 8. The molecule has 0 aromatic heterocycles. The lowest BCUT2D eigenvalue weighted by molar-refractivity contribution is -0.129. The third kappa shape index (κ3) is 5.43. The van der Waals surface area contributed by atoms with Crippen LogP contribution in [0.2, 0.25) is 0 Å². The zero-order valence-electron chi connectivity index (χ0n) is 21.3. The van der Waals surface area contributed by atoms with Crippen LogP contribution in [0.15, 0.2) is 95.9 Å². The molecule has 0 saturated carbocycles.